The first kappa shape index (κ1) is 21.6. The van der Waals surface area contributed by atoms with Crippen molar-refractivity contribution >= 4 is 17.4 Å². The number of piperidine rings is 1. The molecule has 0 aromatic carbocycles. The molecule has 1 aliphatic carbocycles. The van der Waals surface area contributed by atoms with Crippen LogP contribution >= 0.6 is 0 Å². The Kier molecular flexibility index (Phi) is 6.35. The van der Waals surface area contributed by atoms with Crippen LogP contribution in [-0.2, 0) is 6.54 Å². The smallest absolute Gasteiger partial charge is 0.270 e. The molecule has 0 bridgehead atoms. The highest BCUT2D eigenvalue weighted by atomic mass is 16.2. The average molecular weight is 447 g/mol. The molecule has 172 valence electrons. The van der Waals surface area contributed by atoms with Gasteiger partial charge in [0.25, 0.3) is 11.5 Å². The van der Waals surface area contributed by atoms with Gasteiger partial charge in [-0.1, -0.05) is 18.6 Å². The van der Waals surface area contributed by atoms with Crippen LogP contribution < -0.4 is 21.1 Å². The second-order valence-electron chi connectivity index (χ2n) is 9.11. The van der Waals surface area contributed by atoms with Crippen molar-refractivity contribution in [3.63, 3.8) is 0 Å². The number of hydrogen-bond acceptors (Lipinski definition) is 6. The lowest BCUT2D eigenvalue weighted by Crippen LogP contribution is -2.47. The van der Waals surface area contributed by atoms with Crippen LogP contribution in [0.1, 0.15) is 48.2 Å². The Morgan fingerprint density at radius 2 is 2.03 bits per heavy atom. The van der Waals surface area contributed by atoms with Crippen molar-refractivity contribution in [2.45, 2.75) is 44.7 Å². The van der Waals surface area contributed by atoms with E-state index in [1.54, 1.807) is 24.4 Å². The Hall–Kier alpha value is -3.26. The molecule has 8 nitrogen and oxygen atoms in total. The van der Waals surface area contributed by atoms with Crippen molar-refractivity contribution in [3.05, 3.63) is 70.4 Å². The number of hydrogen-bond donors (Lipinski definition) is 2. The van der Waals surface area contributed by atoms with Gasteiger partial charge in [0.1, 0.15) is 17.2 Å². The summed E-state index contributed by atoms with van der Waals surface area (Å²) in [6, 6.07) is 11.0. The zero-order chi connectivity index (χ0) is 22.6. The van der Waals surface area contributed by atoms with Gasteiger partial charge in [-0.25, -0.2) is 9.97 Å². The van der Waals surface area contributed by atoms with Gasteiger partial charge in [-0.2, -0.15) is 0 Å². The molecule has 1 saturated carbocycles. The third kappa shape index (κ3) is 5.06. The van der Waals surface area contributed by atoms with Crippen molar-refractivity contribution in [2.24, 2.45) is 5.92 Å². The molecular formula is C25H30N6O2. The van der Waals surface area contributed by atoms with Gasteiger partial charge in [0.05, 0.1) is 0 Å². The van der Waals surface area contributed by atoms with Crippen molar-refractivity contribution < 1.29 is 4.79 Å². The SMILES string of the molecule is O=C(NCc1ccc(N2CCC[C@@H](NCC3CCC3)C2)nc1)c1cc(=O)n2ccccc2n1. The van der Waals surface area contributed by atoms with E-state index in [2.05, 4.69) is 25.5 Å². The number of aromatic nitrogens is 3. The summed E-state index contributed by atoms with van der Waals surface area (Å²) >= 11 is 0. The summed E-state index contributed by atoms with van der Waals surface area (Å²) in [5.74, 6) is 1.47. The highest BCUT2D eigenvalue weighted by molar-refractivity contribution is 5.92. The Balaban J connectivity index is 1.16. The lowest BCUT2D eigenvalue weighted by molar-refractivity contribution is 0.0946. The van der Waals surface area contributed by atoms with E-state index in [0.717, 1.165) is 36.9 Å². The van der Waals surface area contributed by atoms with E-state index >= 15 is 0 Å². The van der Waals surface area contributed by atoms with Crippen LogP contribution in [0.15, 0.2) is 53.6 Å². The number of amides is 1. The number of rotatable bonds is 7. The first-order chi connectivity index (χ1) is 16.2. The normalized spacial score (nSPS) is 18.8. The summed E-state index contributed by atoms with van der Waals surface area (Å²) < 4.78 is 1.41. The van der Waals surface area contributed by atoms with E-state index in [1.165, 1.54) is 42.6 Å². The van der Waals surface area contributed by atoms with Crippen LogP contribution in [0, 0.1) is 5.92 Å². The summed E-state index contributed by atoms with van der Waals surface area (Å²) in [5, 5.41) is 6.59. The molecule has 1 amide bonds. The van der Waals surface area contributed by atoms with Gasteiger partial charge >= 0.3 is 0 Å². The van der Waals surface area contributed by atoms with Crippen LogP contribution in [0.25, 0.3) is 5.65 Å². The number of fused-ring (bicyclic) bond motifs is 1. The number of nitrogens with one attached hydrogen (secondary N) is 2. The molecule has 2 N–H and O–H groups in total. The fourth-order valence-electron chi connectivity index (χ4n) is 4.53. The predicted octanol–water partition coefficient (Wildman–Crippen LogP) is 2.38. The lowest BCUT2D eigenvalue weighted by Gasteiger charge is -2.36. The topological polar surface area (TPSA) is 91.6 Å². The number of carbonyl (C=O) groups excluding carboxylic acids is 1. The average Bonchev–Trinajstić information content (AvgIpc) is 2.82. The molecule has 1 saturated heterocycles. The predicted molar refractivity (Wildman–Crippen MR) is 127 cm³/mol. The fourth-order valence-corrected chi connectivity index (χ4v) is 4.53. The van der Waals surface area contributed by atoms with Gasteiger partial charge in [0, 0.05) is 44.1 Å². The molecule has 33 heavy (non-hydrogen) atoms. The van der Waals surface area contributed by atoms with Crippen molar-refractivity contribution in [1.82, 2.24) is 25.0 Å². The van der Waals surface area contributed by atoms with Gasteiger partial charge in [0.2, 0.25) is 0 Å². The molecule has 0 unspecified atom stereocenters. The van der Waals surface area contributed by atoms with E-state index in [4.69, 9.17) is 0 Å². The first-order valence-corrected chi connectivity index (χ1v) is 11.9. The zero-order valence-corrected chi connectivity index (χ0v) is 18.7. The minimum absolute atomic E-state index is 0.115. The third-order valence-corrected chi connectivity index (χ3v) is 6.73. The molecule has 0 radical (unpaired) electrons. The highest BCUT2D eigenvalue weighted by Crippen LogP contribution is 2.26. The minimum Gasteiger partial charge on any atom is -0.355 e. The van der Waals surface area contributed by atoms with Crippen LogP contribution in [0.3, 0.4) is 0 Å². The van der Waals surface area contributed by atoms with Gasteiger partial charge in [-0.05, 0) is 61.9 Å². The first-order valence-electron chi connectivity index (χ1n) is 11.9. The lowest BCUT2D eigenvalue weighted by atomic mass is 9.85. The molecule has 8 heteroatoms. The van der Waals surface area contributed by atoms with E-state index < -0.39 is 0 Å². The third-order valence-electron chi connectivity index (χ3n) is 6.73. The largest absolute Gasteiger partial charge is 0.355 e. The molecule has 0 spiro atoms. The monoisotopic (exact) mass is 446 g/mol. The number of anilines is 1. The Morgan fingerprint density at radius 1 is 1.12 bits per heavy atom. The summed E-state index contributed by atoms with van der Waals surface area (Å²) in [6.45, 7) is 3.48. The molecule has 1 aliphatic heterocycles. The zero-order valence-electron chi connectivity index (χ0n) is 18.7. The van der Waals surface area contributed by atoms with Crippen LogP contribution in [0.2, 0.25) is 0 Å². The summed E-state index contributed by atoms with van der Waals surface area (Å²) in [5.41, 5.74) is 1.19. The Morgan fingerprint density at radius 3 is 2.82 bits per heavy atom. The molecule has 4 heterocycles. The van der Waals surface area contributed by atoms with Crippen molar-refractivity contribution in [3.8, 4) is 0 Å². The number of nitrogens with zero attached hydrogens (tertiary/aromatic N) is 4. The van der Waals surface area contributed by atoms with Crippen LogP contribution in [0.4, 0.5) is 5.82 Å². The summed E-state index contributed by atoms with van der Waals surface area (Å²) in [7, 11) is 0. The van der Waals surface area contributed by atoms with Crippen LogP contribution in [-0.4, -0.2) is 46.0 Å². The van der Waals surface area contributed by atoms with E-state index in [1.807, 2.05) is 18.3 Å². The maximum Gasteiger partial charge on any atom is 0.270 e. The van der Waals surface area contributed by atoms with Crippen LogP contribution in [0.5, 0.6) is 0 Å². The van der Waals surface area contributed by atoms with Gasteiger partial charge in [0.15, 0.2) is 0 Å². The van der Waals surface area contributed by atoms with E-state index in [9.17, 15) is 9.59 Å². The molecule has 3 aromatic rings. The molecule has 3 aromatic heterocycles. The summed E-state index contributed by atoms with van der Waals surface area (Å²) in [6.07, 6.45) is 9.96. The second kappa shape index (κ2) is 9.70. The maximum absolute atomic E-state index is 12.5. The molecule has 5 rings (SSSR count). The number of carbonyl (C=O) groups is 1. The van der Waals surface area contributed by atoms with E-state index in [-0.39, 0.29) is 17.2 Å². The van der Waals surface area contributed by atoms with Gasteiger partial charge < -0.3 is 15.5 Å². The number of pyridine rings is 2. The second-order valence-corrected chi connectivity index (χ2v) is 9.11. The summed E-state index contributed by atoms with van der Waals surface area (Å²) in [4.78, 5) is 36.0. The van der Waals surface area contributed by atoms with Gasteiger partial charge in [-0.3, -0.25) is 14.0 Å². The molecule has 2 aliphatic rings. The maximum atomic E-state index is 12.5. The molecule has 1 atom stereocenters. The highest BCUT2D eigenvalue weighted by Gasteiger charge is 2.23. The van der Waals surface area contributed by atoms with Crippen molar-refractivity contribution in [2.75, 3.05) is 24.5 Å². The Labute approximate surface area is 193 Å². The van der Waals surface area contributed by atoms with E-state index in [0.29, 0.717) is 18.2 Å². The standard InChI is InChI=1S/C25H30N6O2/c32-24-13-21(29-23-8-1-2-12-31(23)24)25(33)28-16-19-9-10-22(27-15-19)30-11-4-7-20(17-30)26-14-18-5-3-6-18/h1-2,8-10,12-13,15,18,20,26H,3-7,11,14,16-17H2,(H,28,33)/t20-/m1/s1. The molecule has 2 fully saturated rings. The quantitative estimate of drug-likeness (QED) is 0.579. The Bertz CT molecular complexity index is 1170. The fraction of sp³-hybridized carbons (Fsp3) is 0.440. The minimum atomic E-state index is -0.376. The molecular weight excluding hydrogens is 416 g/mol. The van der Waals surface area contributed by atoms with Crippen molar-refractivity contribution in [1.29, 1.82) is 0 Å². The van der Waals surface area contributed by atoms with Gasteiger partial charge in [-0.15, -0.1) is 0 Å².